The molecule has 1 aromatic carbocycles. The van der Waals surface area contributed by atoms with Gasteiger partial charge in [0.2, 0.25) is 5.91 Å². The van der Waals surface area contributed by atoms with E-state index in [-0.39, 0.29) is 18.0 Å². The molecule has 8 heteroatoms. The number of benzene rings is 1. The fraction of sp³-hybridized carbons (Fsp3) is 0.385. The molecule has 0 unspecified atom stereocenters. The van der Waals surface area contributed by atoms with E-state index in [1.165, 1.54) is 18.4 Å². The number of carbonyl (C=O) groups is 1. The first-order chi connectivity index (χ1) is 16.4. The van der Waals surface area contributed by atoms with E-state index in [1.54, 1.807) is 30.5 Å². The normalized spacial score (nSPS) is 15.0. The molecule has 0 saturated carbocycles. The van der Waals surface area contributed by atoms with Gasteiger partial charge in [-0.25, -0.2) is 9.97 Å². The van der Waals surface area contributed by atoms with Gasteiger partial charge in [0.05, 0.1) is 18.1 Å². The first-order valence-corrected chi connectivity index (χ1v) is 12.6. The van der Waals surface area contributed by atoms with Crippen LogP contribution in [-0.4, -0.2) is 40.0 Å². The molecule has 1 atom stereocenters. The number of anilines is 3. The zero-order valence-electron chi connectivity index (χ0n) is 20.8. The Labute approximate surface area is 207 Å². The molecular weight excluding hydrogens is 444 g/mol. The molecule has 34 heavy (non-hydrogen) atoms. The monoisotopic (exact) mass is 478 g/mol. The summed E-state index contributed by atoms with van der Waals surface area (Å²) < 4.78 is 3.37. The number of carbonyl (C=O) groups excluding carboxylic acids is 1. The number of pyridine rings is 1. The molecule has 0 spiro atoms. The molecule has 180 valence electrons. The summed E-state index contributed by atoms with van der Waals surface area (Å²) in [5.74, 6) is 1.46. The maximum Gasteiger partial charge on any atom is 0.249 e. The van der Waals surface area contributed by atoms with Gasteiger partial charge in [-0.3, -0.25) is 9.78 Å². The molecule has 1 N–H and O–H groups in total. The third kappa shape index (κ3) is 5.50. The second-order valence-corrected chi connectivity index (χ2v) is 9.25. The van der Waals surface area contributed by atoms with E-state index in [9.17, 15) is 4.79 Å². The fourth-order valence-corrected chi connectivity index (χ4v) is 4.46. The summed E-state index contributed by atoms with van der Waals surface area (Å²) in [6, 6.07) is 11.9. The van der Waals surface area contributed by atoms with Gasteiger partial charge in [0.25, 0.3) is 0 Å². The number of rotatable bonds is 6. The number of nitrogens with one attached hydrogen (secondary N) is 1. The third-order valence-corrected chi connectivity index (χ3v) is 6.16. The maximum atomic E-state index is 12.9. The van der Waals surface area contributed by atoms with Gasteiger partial charge in [-0.15, -0.1) is 0 Å². The van der Waals surface area contributed by atoms with Crippen LogP contribution in [0.2, 0.25) is 0 Å². The minimum Gasteiger partial charge on any atom is -0.340 e. The molecule has 4 rings (SSSR count). The molecule has 7 nitrogen and oxygen atoms in total. The summed E-state index contributed by atoms with van der Waals surface area (Å²) in [4.78, 5) is 31.5. The molecule has 1 amide bonds. The van der Waals surface area contributed by atoms with Crippen LogP contribution in [0.1, 0.15) is 47.5 Å². The molecule has 0 radical (unpaired) electrons. The third-order valence-electron chi connectivity index (χ3n) is 5.33. The maximum absolute atomic E-state index is 12.9. The zero-order valence-corrected chi connectivity index (χ0v) is 21.6. The molecule has 2 aromatic heterocycles. The van der Waals surface area contributed by atoms with Crippen molar-refractivity contribution in [2.24, 2.45) is 0 Å². The van der Waals surface area contributed by atoms with Crippen LogP contribution in [0, 0.1) is 0 Å². The van der Waals surface area contributed by atoms with Gasteiger partial charge in [0.15, 0.2) is 11.6 Å². The molecule has 0 aliphatic carbocycles. The number of likely N-dealkylation sites (N-methyl/N-ethyl adjacent to an activating group) is 1. The molecule has 0 bridgehead atoms. The lowest BCUT2D eigenvalue weighted by Crippen LogP contribution is -2.54. The molecule has 3 heterocycles. The average molecular weight is 479 g/mol. The van der Waals surface area contributed by atoms with Crippen LogP contribution in [0.3, 0.4) is 0 Å². The number of fused-ring (bicyclic) bond motifs is 1. The summed E-state index contributed by atoms with van der Waals surface area (Å²) in [6.07, 6.45) is 7.22. The standard InChI is InChI=1S/C23H26N6OS.C3H8/c1-5-19-23(30)28(4)20-14-25-21(26-22(20)29(19)15(2)3)17-11-12-24-13-18(17)27-31-16-9-7-6-8-10-16;1-3-2/h6-15,19,27H,5H2,1-4H3;3H2,1-2H3/t19-;/m1./s1. The molecular formula is C26H34N6OS. The van der Waals surface area contributed by atoms with Crippen LogP contribution in [0.15, 0.2) is 59.9 Å². The van der Waals surface area contributed by atoms with E-state index < -0.39 is 0 Å². The van der Waals surface area contributed by atoms with E-state index in [0.717, 1.165) is 34.1 Å². The number of amides is 1. The first-order valence-electron chi connectivity index (χ1n) is 11.8. The van der Waals surface area contributed by atoms with Crippen LogP contribution < -0.4 is 14.5 Å². The van der Waals surface area contributed by atoms with Crippen molar-refractivity contribution in [2.75, 3.05) is 21.6 Å². The number of hydrogen-bond acceptors (Lipinski definition) is 7. The molecule has 1 aliphatic heterocycles. The number of nitrogens with zero attached hydrogens (tertiary/aromatic N) is 5. The van der Waals surface area contributed by atoms with E-state index in [0.29, 0.717) is 5.82 Å². The SMILES string of the molecule is CCC.CC[C@@H]1C(=O)N(C)c2cnc(-c3ccncc3NSc3ccccc3)nc2N1C(C)C. The lowest BCUT2D eigenvalue weighted by Gasteiger charge is -2.42. The number of aromatic nitrogens is 3. The Morgan fingerprint density at radius 1 is 1.09 bits per heavy atom. The van der Waals surface area contributed by atoms with Crippen LogP contribution in [0.5, 0.6) is 0 Å². The van der Waals surface area contributed by atoms with Gasteiger partial charge < -0.3 is 14.5 Å². The van der Waals surface area contributed by atoms with Gasteiger partial charge in [0, 0.05) is 29.7 Å². The Kier molecular flexibility index (Phi) is 8.87. The molecule has 1 aliphatic rings. The van der Waals surface area contributed by atoms with Crippen molar-refractivity contribution in [1.82, 2.24) is 15.0 Å². The smallest absolute Gasteiger partial charge is 0.249 e. The van der Waals surface area contributed by atoms with E-state index in [1.807, 2.05) is 43.3 Å². The van der Waals surface area contributed by atoms with E-state index >= 15 is 0 Å². The quantitative estimate of drug-likeness (QED) is 0.433. The minimum atomic E-state index is -0.232. The summed E-state index contributed by atoms with van der Waals surface area (Å²) in [5, 5.41) is 0. The summed E-state index contributed by atoms with van der Waals surface area (Å²) >= 11 is 1.51. The highest BCUT2D eigenvalue weighted by molar-refractivity contribution is 8.00. The van der Waals surface area contributed by atoms with Crippen LogP contribution in [0.4, 0.5) is 17.2 Å². The van der Waals surface area contributed by atoms with Crippen LogP contribution in [0.25, 0.3) is 11.4 Å². The van der Waals surface area contributed by atoms with Crippen molar-refractivity contribution in [3.63, 3.8) is 0 Å². The Morgan fingerprint density at radius 3 is 2.44 bits per heavy atom. The van der Waals surface area contributed by atoms with Crippen molar-refractivity contribution in [3.05, 3.63) is 55.0 Å². The van der Waals surface area contributed by atoms with Crippen molar-refractivity contribution < 1.29 is 4.79 Å². The van der Waals surface area contributed by atoms with Gasteiger partial charge >= 0.3 is 0 Å². The molecule has 0 saturated heterocycles. The van der Waals surface area contributed by atoms with Crippen molar-refractivity contribution in [2.45, 2.75) is 64.4 Å². The van der Waals surface area contributed by atoms with E-state index in [2.05, 4.69) is 47.3 Å². The van der Waals surface area contributed by atoms with Crippen molar-refractivity contribution in [3.8, 4) is 11.4 Å². The second kappa shape index (κ2) is 11.8. The fourth-order valence-electron chi connectivity index (χ4n) is 3.78. The second-order valence-electron chi connectivity index (χ2n) is 8.37. The highest BCUT2D eigenvalue weighted by Gasteiger charge is 2.38. The summed E-state index contributed by atoms with van der Waals surface area (Å²) in [5.41, 5.74) is 2.42. The van der Waals surface area contributed by atoms with Gasteiger partial charge in [-0.05, 0) is 50.4 Å². The highest BCUT2D eigenvalue weighted by atomic mass is 32.2. The van der Waals surface area contributed by atoms with Crippen molar-refractivity contribution >= 4 is 35.0 Å². The largest absolute Gasteiger partial charge is 0.340 e. The predicted molar refractivity (Wildman–Crippen MR) is 142 cm³/mol. The Bertz CT molecular complexity index is 1090. The topological polar surface area (TPSA) is 74.2 Å². The first kappa shape index (κ1) is 25.5. The molecule has 0 fully saturated rings. The summed E-state index contributed by atoms with van der Waals surface area (Å²) in [7, 11) is 1.79. The zero-order chi connectivity index (χ0) is 24.7. The highest BCUT2D eigenvalue weighted by Crippen LogP contribution is 2.38. The minimum absolute atomic E-state index is 0.0746. The van der Waals surface area contributed by atoms with Crippen molar-refractivity contribution in [1.29, 1.82) is 0 Å². The van der Waals surface area contributed by atoms with Crippen LogP contribution in [-0.2, 0) is 4.79 Å². The van der Waals surface area contributed by atoms with Gasteiger partial charge in [0.1, 0.15) is 11.7 Å². The summed E-state index contributed by atoms with van der Waals surface area (Å²) in [6.45, 7) is 10.5. The predicted octanol–water partition coefficient (Wildman–Crippen LogP) is 6.04. The lowest BCUT2D eigenvalue weighted by molar-refractivity contribution is -0.120. The molecule has 3 aromatic rings. The van der Waals surface area contributed by atoms with Crippen LogP contribution >= 0.6 is 11.9 Å². The average Bonchev–Trinajstić information content (AvgIpc) is 2.85. The van der Waals surface area contributed by atoms with Gasteiger partial charge in [-0.1, -0.05) is 45.4 Å². The van der Waals surface area contributed by atoms with E-state index in [4.69, 9.17) is 4.98 Å². The lowest BCUT2D eigenvalue weighted by atomic mass is 10.1. The van der Waals surface area contributed by atoms with Gasteiger partial charge in [-0.2, -0.15) is 0 Å². The Hall–Kier alpha value is -3.13. The Morgan fingerprint density at radius 2 is 1.79 bits per heavy atom. The Balaban J connectivity index is 0.00000103. The number of hydrogen-bond donors (Lipinski definition) is 1.